The second-order valence-corrected chi connectivity index (χ2v) is 9.35. The lowest BCUT2D eigenvalue weighted by Gasteiger charge is -2.34. The fourth-order valence-corrected chi connectivity index (χ4v) is 5.32. The van der Waals surface area contributed by atoms with Gasteiger partial charge in [-0.3, -0.25) is 9.59 Å². The molecule has 0 bridgehead atoms. The third kappa shape index (κ3) is 3.15. The summed E-state index contributed by atoms with van der Waals surface area (Å²) >= 11 is 9.79. The number of halogens is 2. The molecule has 1 N–H and O–H groups in total. The fourth-order valence-electron chi connectivity index (χ4n) is 4.77. The molecule has 1 aliphatic heterocycles. The first-order valence-corrected chi connectivity index (χ1v) is 11.3. The molecule has 0 saturated heterocycles. The van der Waals surface area contributed by atoms with Gasteiger partial charge in [-0.05, 0) is 48.2 Å². The highest BCUT2D eigenvalue weighted by Crippen LogP contribution is 2.49. The van der Waals surface area contributed by atoms with Crippen LogP contribution in [-0.2, 0) is 23.4 Å². The number of ketones is 1. The van der Waals surface area contributed by atoms with Gasteiger partial charge < -0.3 is 10.0 Å². The normalized spacial score (nSPS) is 22.4. The van der Waals surface area contributed by atoms with Crippen molar-refractivity contribution < 1.29 is 14.7 Å². The standard InChI is InChI=1S/C25H19BrClNO3/c26-17-10-12-22-20(13-17)25(31,19-11-9-15-5-1-3-7-18(15)23(19)29)24(30)28(22)14-16-6-2-4-8-21(16)27/h1-8,10,12-13,19,31H,9,11,14H2. The van der Waals surface area contributed by atoms with Crippen LogP contribution in [0.2, 0.25) is 5.02 Å². The molecule has 3 aromatic carbocycles. The lowest BCUT2D eigenvalue weighted by atomic mass is 9.71. The lowest BCUT2D eigenvalue weighted by Crippen LogP contribution is -2.49. The van der Waals surface area contributed by atoms with Gasteiger partial charge in [0.15, 0.2) is 11.4 Å². The van der Waals surface area contributed by atoms with Gasteiger partial charge in [0.2, 0.25) is 0 Å². The summed E-state index contributed by atoms with van der Waals surface area (Å²) in [6.07, 6.45) is 1.04. The molecule has 5 rings (SSSR count). The number of nitrogens with zero attached hydrogens (tertiary/aromatic N) is 1. The second-order valence-electron chi connectivity index (χ2n) is 8.02. The van der Waals surface area contributed by atoms with Crippen LogP contribution in [0.5, 0.6) is 0 Å². The van der Waals surface area contributed by atoms with E-state index in [4.69, 9.17) is 11.6 Å². The number of hydrogen-bond acceptors (Lipinski definition) is 3. The first-order chi connectivity index (χ1) is 14.9. The van der Waals surface area contributed by atoms with E-state index in [0.717, 1.165) is 15.6 Å². The highest BCUT2D eigenvalue weighted by atomic mass is 79.9. The van der Waals surface area contributed by atoms with E-state index in [1.165, 1.54) is 4.90 Å². The Kier molecular flexibility index (Phi) is 5.00. The number of Topliss-reactive ketones (excluding diaryl/α,β-unsaturated/α-hetero) is 1. The molecule has 1 aliphatic carbocycles. The van der Waals surface area contributed by atoms with Gasteiger partial charge in [0.05, 0.1) is 18.2 Å². The number of amides is 1. The average Bonchev–Trinajstić information content (AvgIpc) is 2.98. The summed E-state index contributed by atoms with van der Waals surface area (Å²) in [6, 6.07) is 20.1. The van der Waals surface area contributed by atoms with Crippen molar-refractivity contribution in [1.29, 1.82) is 0 Å². The van der Waals surface area contributed by atoms with Crippen molar-refractivity contribution in [1.82, 2.24) is 0 Å². The monoisotopic (exact) mass is 495 g/mol. The molecule has 0 spiro atoms. The molecule has 2 unspecified atom stereocenters. The van der Waals surface area contributed by atoms with Crippen molar-refractivity contribution in [2.45, 2.75) is 25.0 Å². The van der Waals surface area contributed by atoms with Crippen molar-refractivity contribution in [3.05, 3.63) is 98.5 Å². The Morgan fingerprint density at radius 3 is 2.61 bits per heavy atom. The molecule has 31 heavy (non-hydrogen) atoms. The van der Waals surface area contributed by atoms with E-state index in [9.17, 15) is 14.7 Å². The molecular weight excluding hydrogens is 478 g/mol. The van der Waals surface area contributed by atoms with Crippen LogP contribution in [-0.4, -0.2) is 16.8 Å². The molecule has 1 heterocycles. The van der Waals surface area contributed by atoms with Crippen molar-refractivity contribution in [2.75, 3.05) is 4.90 Å². The minimum atomic E-state index is -1.93. The molecule has 0 saturated carbocycles. The molecule has 2 atom stereocenters. The van der Waals surface area contributed by atoms with E-state index < -0.39 is 17.4 Å². The SMILES string of the molecule is O=C1c2ccccc2CCC1C1(O)C(=O)N(Cc2ccccc2Cl)c2ccc(Br)cc21. The number of aliphatic hydroxyl groups is 1. The Hall–Kier alpha value is -2.47. The number of aryl methyl sites for hydroxylation is 1. The van der Waals surface area contributed by atoms with Gasteiger partial charge in [-0.2, -0.15) is 0 Å². The quantitative estimate of drug-likeness (QED) is 0.537. The lowest BCUT2D eigenvalue weighted by molar-refractivity contribution is -0.140. The number of anilines is 1. The zero-order chi connectivity index (χ0) is 21.8. The molecule has 1 amide bonds. The van der Waals surface area contributed by atoms with Crippen LogP contribution in [0.1, 0.15) is 33.5 Å². The highest BCUT2D eigenvalue weighted by molar-refractivity contribution is 9.10. The van der Waals surface area contributed by atoms with Gasteiger partial charge in [-0.15, -0.1) is 0 Å². The number of rotatable bonds is 3. The van der Waals surface area contributed by atoms with Crippen LogP contribution in [0.25, 0.3) is 0 Å². The van der Waals surface area contributed by atoms with Crippen molar-refractivity contribution in [2.24, 2.45) is 5.92 Å². The smallest absolute Gasteiger partial charge is 0.264 e. The largest absolute Gasteiger partial charge is 0.375 e. The minimum Gasteiger partial charge on any atom is -0.375 e. The topological polar surface area (TPSA) is 57.6 Å². The maximum atomic E-state index is 13.7. The summed E-state index contributed by atoms with van der Waals surface area (Å²) in [4.78, 5) is 28.7. The summed E-state index contributed by atoms with van der Waals surface area (Å²) < 4.78 is 0.737. The first kappa shape index (κ1) is 20.4. The number of carbonyl (C=O) groups is 2. The molecule has 0 fully saturated rings. The third-order valence-corrected chi connectivity index (χ3v) is 7.19. The van der Waals surface area contributed by atoms with Crippen LogP contribution in [0.4, 0.5) is 5.69 Å². The van der Waals surface area contributed by atoms with Gasteiger partial charge in [0.1, 0.15) is 0 Å². The molecular formula is C25H19BrClNO3. The molecule has 0 radical (unpaired) electrons. The van der Waals surface area contributed by atoms with Gasteiger partial charge in [-0.25, -0.2) is 0 Å². The van der Waals surface area contributed by atoms with Gasteiger partial charge in [0, 0.05) is 20.6 Å². The van der Waals surface area contributed by atoms with Gasteiger partial charge in [0.25, 0.3) is 5.91 Å². The van der Waals surface area contributed by atoms with E-state index in [0.29, 0.717) is 34.7 Å². The molecule has 4 nitrogen and oxygen atoms in total. The molecule has 0 aromatic heterocycles. The van der Waals surface area contributed by atoms with Gasteiger partial charge >= 0.3 is 0 Å². The summed E-state index contributed by atoms with van der Waals surface area (Å²) in [6.45, 7) is 0.215. The summed E-state index contributed by atoms with van der Waals surface area (Å²) in [5.74, 6) is -1.53. The van der Waals surface area contributed by atoms with Crippen molar-refractivity contribution in [3.8, 4) is 0 Å². The van der Waals surface area contributed by atoms with Crippen LogP contribution in [0.15, 0.2) is 71.2 Å². The van der Waals surface area contributed by atoms with E-state index in [-0.39, 0.29) is 12.3 Å². The van der Waals surface area contributed by atoms with Crippen molar-refractivity contribution in [3.63, 3.8) is 0 Å². The Morgan fingerprint density at radius 2 is 1.81 bits per heavy atom. The van der Waals surface area contributed by atoms with Crippen LogP contribution < -0.4 is 4.90 Å². The average molecular weight is 497 g/mol. The fraction of sp³-hybridized carbons (Fsp3) is 0.200. The first-order valence-electron chi connectivity index (χ1n) is 10.1. The molecule has 156 valence electrons. The summed E-state index contributed by atoms with van der Waals surface area (Å²) in [5, 5.41) is 12.5. The van der Waals surface area contributed by atoms with E-state index in [1.54, 1.807) is 24.3 Å². The van der Waals surface area contributed by atoms with Crippen LogP contribution in [0, 0.1) is 5.92 Å². The molecule has 2 aliphatic rings. The number of fused-ring (bicyclic) bond motifs is 2. The Morgan fingerprint density at radius 1 is 1.06 bits per heavy atom. The molecule has 6 heteroatoms. The maximum Gasteiger partial charge on any atom is 0.264 e. The summed E-state index contributed by atoms with van der Waals surface area (Å²) in [7, 11) is 0. The highest BCUT2D eigenvalue weighted by Gasteiger charge is 2.57. The maximum absolute atomic E-state index is 13.7. The van der Waals surface area contributed by atoms with E-state index >= 15 is 0 Å². The third-order valence-electron chi connectivity index (χ3n) is 6.32. The van der Waals surface area contributed by atoms with Gasteiger partial charge in [-0.1, -0.05) is 70.0 Å². The number of carbonyl (C=O) groups excluding carboxylic acids is 2. The molecule has 3 aromatic rings. The predicted molar refractivity (Wildman–Crippen MR) is 123 cm³/mol. The van der Waals surface area contributed by atoms with E-state index in [2.05, 4.69) is 15.9 Å². The number of hydrogen-bond donors (Lipinski definition) is 1. The predicted octanol–water partition coefficient (Wildman–Crippen LogP) is 5.28. The Balaban J connectivity index is 1.61. The van der Waals surface area contributed by atoms with Crippen molar-refractivity contribution >= 4 is 44.9 Å². The summed E-state index contributed by atoms with van der Waals surface area (Å²) in [5.41, 5.74) is 1.45. The van der Waals surface area contributed by atoms with Crippen LogP contribution in [0.3, 0.4) is 0 Å². The number of benzene rings is 3. The van der Waals surface area contributed by atoms with E-state index in [1.807, 2.05) is 42.5 Å². The zero-order valence-corrected chi connectivity index (χ0v) is 18.9. The van der Waals surface area contributed by atoms with Crippen LogP contribution >= 0.6 is 27.5 Å². The second kappa shape index (κ2) is 7.59. The minimum absolute atomic E-state index is 0.191. The Labute approximate surface area is 193 Å². The Bertz CT molecular complexity index is 1230. The zero-order valence-electron chi connectivity index (χ0n) is 16.5.